The molecule has 0 spiro atoms. The summed E-state index contributed by atoms with van der Waals surface area (Å²) < 4.78 is 23.9. The fraction of sp³-hybridized carbons (Fsp3) is 0.400. The molecule has 24 heavy (non-hydrogen) atoms. The Labute approximate surface area is 137 Å². The van der Waals surface area contributed by atoms with E-state index in [4.69, 9.17) is 4.74 Å². The lowest BCUT2D eigenvalue weighted by molar-refractivity contribution is -0.120. The lowest BCUT2D eigenvalue weighted by Gasteiger charge is -2.14. The lowest BCUT2D eigenvalue weighted by atomic mass is 10.2. The average molecular weight is 339 g/mol. The normalized spacial score (nSPS) is 16.7. The van der Waals surface area contributed by atoms with Crippen LogP contribution in [0.5, 0.6) is 0 Å². The predicted molar refractivity (Wildman–Crippen MR) is 83.2 cm³/mol. The highest BCUT2D eigenvalue weighted by molar-refractivity contribution is 5.93. The summed E-state index contributed by atoms with van der Waals surface area (Å²) >= 11 is 0. The number of benzene rings is 1. The number of anilines is 2. The Morgan fingerprint density at radius 1 is 1.46 bits per heavy atom. The minimum Gasteiger partial charge on any atom is -0.442 e. The summed E-state index contributed by atoms with van der Waals surface area (Å²) in [7, 11) is 1.36. The Kier molecular flexibility index (Phi) is 5.69. The Hall–Kier alpha value is -2.68. The number of rotatable bonds is 6. The van der Waals surface area contributed by atoms with Gasteiger partial charge in [0.25, 0.3) is 0 Å². The zero-order valence-electron chi connectivity index (χ0n) is 13.3. The third-order valence-corrected chi connectivity index (χ3v) is 3.27. The number of cyclic esters (lactones) is 1. The van der Waals surface area contributed by atoms with Crippen LogP contribution < -0.4 is 15.5 Å². The van der Waals surface area contributed by atoms with Crippen LogP contribution in [0.1, 0.15) is 6.92 Å². The zero-order valence-corrected chi connectivity index (χ0v) is 13.3. The zero-order chi connectivity index (χ0) is 17.7. The van der Waals surface area contributed by atoms with Crippen LogP contribution in [0.15, 0.2) is 18.2 Å². The number of halogens is 1. The molecule has 1 aromatic rings. The molecule has 9 heteroatoms. The Morgan fingerprint density at radius 3 is 2.83 bits per heavy atom. The first-order valence-electron chi connectivity index (χ1n) is 7.21. The average Bonchev–Trinajstić information content (AvgIpc) is 2.88. The molecule has 0 aromatic heterocycles. The van der Waals surface area contributed by atoms with Crippen molar-refractivity contribution in [1.29, 1.82) is 0 Å². The van der Waals surface area contributed by atoms with E-state index < -0.39 is 23.9 Å². The summed E-state index contributed by atoms with van der Waals surface area (Å²) in [6.45, 7) is 1.55. The van der Waals surface area contributed by atoms with E-state index in [1.54, 1.807) is 0 Å². The Morgan fingerprint density at radius 2 is 2.21 bits per heavy atom. The van der Waals surface area contributed by atoms with Gasteiger partial charge in [-0.05, 0) is 18.2 Å². The first-order valence-corrected chi connectivity index (χ1v) is 7.21. The van der Waals surface area contributed by atoms with Crippen molar-refractivity contribution in [2.75, 3.05) is 37.0 Å². The number of carbonyl (C=O) groups excluding carboxylic acids is 3. The van der Waals surface area contributed by atoms with Crippen molar-refractivity contribution in [3.05, 3.63) is 24.0 Å². The van der Waals surface area contributed by atoms with Crippen molar-refractivity contribution in [2.24, 2.45) is 0 Å². The van der Waals surface area contributed by atoms with Crippen molar-refractivity contribution in [3.63, 3.8) is 0 Å². The van der Waals surface area contributed by atoms with E-state index in [-0.39, 0.29) is 31.3 Å². The standard InChI is InChI=1S/C15H18FN3O5/c1-9(20)17-6-11-7-19(15(22)24-11)10-3-4-13(12(16)5-10)18-14(21)8-23-2/h3-5,11H,6-8H2,1-2H3,(H,17,20)(H,18,21)/t11-/m0/s1. The second-order valence-corrected chi connectivity index (χ2v) is 5.20. The predicted octanol–water partition coefficient (Wildman–Crippen LogP) is 0.872. The maximum atomic E-state index is 14.1. The number of nitrogens with zero attached hydrogens (tertiary/aromatic N) is 1. The quantitative estimate of drug-likeness (QED) is 0.802. The molecular formula is C15H18FN3O5. The number of hydrogen-bond donors (Lipinski definition) is 2. The van der Waals surface area contributed by atoms with Gasteiger partial charge in [-0.1, -0.05) is 0 Å². The first kappa shape index (κ1) is 17.7. The van der Waals surface area contributed by atoms with Crippen molar-refractivity contribution in [2.45, 2.75) is 13.0 Å². The van der Waals surface area contributed by atoms with Crippen LogP contribution in [-0.4, -0.2) is 50.8 Å². The van der Waals surface area contributed by atoms with Crippen LogP contribution in [0.4, 0.5) is 20.6 Å². The van der Waals surface area contributed by atoms with Gasteiger partial charge < -0.3 is 20.1 Å². The molecule has 1 saturated heterocycles. The number of hydrogen-bond acceptors (Lipinski definition) is 5. The van der Waals surface area contributed by atoms with Crippen molar-refractivity contribution < 1.29 is 28.2 Å². The molecule has 1 atom stereocenters. The molecule has 2 N–H and O–H groups in total. The number of methoxy groups -OCH3 is 1. The topological polar surface area (TPSA) is 97.0 Å². The molecule has 1 aliphatic rings. The summed E-state index contributed by atoms with van der Waals surface area (Å²) in [4.78, 5) is 35.4. The highest BCUT2D eigenvalue weighted by Crippen LogP contribution is 2.25. The van der Waals surface area contributed by atoms with Gasteiger partial charge in [-0.2, -0.15) is 0 Å². The van der Waals surface area contributed by atoms with Crippen LogP contribution in [-0.2, 0) is 19.1 Å². The molecule has 1 fully saturated rings. The monoisotopic (exact) mass is 339 g/mol. The molecule has 0 saturated carbocycles. The van der Waals surface area contributed by atoms with E-state index in [1.165, 1.54) is 31.1 Å². The van der Waals surface area contributed by atoms with Crippen LogP contribution in [0.3, 0.4) is 0 Å². The molecule has 1 aromatic carbocycles. The van der Waals surface area contributed by atoms with Gasteiger partial charge in [0, 0.05) is 14.0 Å². The van der Waals surface area contributed by atoms with Gasteiger partial charge in [0.1, 0.15) is 18.5 Å². The molecule has 1 heterocycles. The summed E-state index contributed by atoms with van der Waals surface area (Å²) in [6.07, 6.45) is -1.13. The maximum Gasteiger partial charge on any atom is 0.414 e. The van der Waals surface area contributed by atoms with Crippen molar-refractivity contribution >= 4 is 29.3 Å². The molecule has 0 unspecified atom stereocenters. The van der Waals surface area contributed by atoms with Crippen LogP contribution in [0.2, 0.25) is 0 Å². The molecular weight excluding hydrogens is 321 g/mol. The SMILES string of the molecule is COCC(=O)Nc1ccc(N2C[C@H](CNC(C)=O)OC2=O)cc1F. The number of nitrogens with one attached hydrogen (secondary N) is 2. The fourth-order valence-corrected chi connectivity index (χ4v) is 2.19. The van der Waals surface area contributed by atoms with Gasteiger partial charge >= 0.3 is 6.09 Å². The largest absolute Gasteiger partial charge is 0.442 e. The van der Waals surface area contributed by atoms with Gasteiger partial charge in [0.2, 0.25) is 11.8 Å². The molecule has 0 aliphatic carbocycles. The van der Waals surface area contributed by atoms with Crippen molar-refractivity contribution in [1.82, 2.24) is 5.32 Å². The third-order valence-electron chi connectivity index (χ3n) is 3.27. The van der Waals surface area contributed by atoms with Gasteiger partial charge in [-0.15, -0.1) is 0 Å². The summed E-state index contributed by atoms with van der Waals surface area (Å²) in [6, 6.07) is 3.98. The maximum absolute atomic E-state index is 14.1. The molecule has 8 nitrogen and oxygen atoms in total. The highest BCUT2D eigenvalue weighted by atomic mass is 19.1. The molecule has 0 bridgehead atoms. The van der Waals surface area contributed by atoms with Crippen LogP contribution in [0, 0.1) is 5.82 Å². The van der Waals surface area contributed by atoms with E-state index in [2.05, 4.69) is 15.4 Å². The van der Waals surface area contributed by atoms with E-state index >= 15 is 0 Å². The minimum absolute atomic E-state index is 0.0110. The molecule has 2 rings (SSSR count). The summed E-state index contributed by atoms with van der Waals surface area (Å²) in [5, 5.41) is 4.92. The Bertz CT molecular complexity index is 652. The minimum atomic E-state index is -0.685. The number of ether oxygens (including phenoxy) is 2. The van der Waals surface area contributed by atoms with E-state index in [0.29, 0.717) is 5.69 Å². The van der Waals surface area contributed by atoms with E-state index in [0.717, 1.165) is 6.07 Å². The molecule has 0 radical (unpaired) electrons. The summed E-state index contributed by atoms with van der Waals surface area (Å²) in [5.41, 5.74) is 0.288. The lowest BCUT2D eigenvalue weighted by Crippen LogP contribution is -2.33. The Balaban J connectivity index is 2.04. The van der Waals surface area contributed by atoms with E-state index in [9.17, 15) is 18.8 Å². The number of amides is 3. The number of carbonyl (C=O) groups is 3. The third kappa shape index (κ3) is 4.42. The second kappa shape index (κ2) is 7.73. The first-order chi connectivity index (χ1) is 11.4. The summed E-state index contributed by atoms with van der Waals surface area (Å²) in [5.74, 6) is -1.40. The van der Waals surface area contributed by atoms with E-state index in [1.807, 2.05) is 0 Å². The second-order valence-electron chi connectivity index (χ2n) is 5.20. The molecule has 130 valence electrons. The smallest absolute Gasteiger partial charge is 0.414 e. The van der Waals surface area contributed by atoms with Gasteiger partial charge in [0.15, 0.2) is 0 Å². The van der Waals surface area contributed by atoms with Gasteiger partial charge in [-0.25, -0.2) is 9.18 Å². The molecule has 3 amide bonds. The van der Waals surface area contributed by atoms with Gasteiger partial charge in [0.05, 0.1) is 24.5 Å². The molecule has 1 aliphatic heterocycles. The fourth-order valence-electron chi connectivity index (χ4n) is 2.19. The highest BCUT2D eigenvalue weighted by Gasteiger charge is 2.32. The van der Waals surface area contributed by atoms with Crippen molar-refractivity contribution in [3.8, 4) is 0 Å². The van der Waals surface area contributed by atoms with Crippen LogP contribution in [0.25, 0.3) is 0 Å². The van der Waals surface area contributed by atoms with Crippen LogP contribution >= 0.6 is 0 Å². The van der Waals surface area contributed by atoms with Gasteiger partial charge in [-0.3, -0.25) is 14.5 Å².